The molecule has 0 spiro atoms. The molecule has 56 valence electrons. The average molecular weight is 140 g/mol. The van der Waals surface area contributed by atoms with Crippen LogP contribution in [0.3, 0.4) is 0 Å². The van der Waals surface area contributed by atoms with Crippen LogP contribution in [0.25, 0.3) is 0 Å². The zero-order valence-electron chi connectivity index (χ0n) is 6.13. The van der Waals surface area contributed by atoms with Gasteiger partial charge in [-0.3, -0.25) is 0 Å². The monoisotopic (exact) mass is 140 g/mol. The van der Waals surface area contributed by atoms with Gasteiger partial charge in [0.25, 0.3) is 0 Å². The van der Waals surface area contributed by atoms with Crippen LogP contribution in [0.2, 0.25) is 0 Å². The van der Waals surface area contributed by atoms with E-state index in [2.05, 4.69) is 0 Å². The van der Waals surface area contributed by atoms with Gasteiger partial charge in [0.2, 0.25) is 0 Å². The Balaban J connectivity index is 2.30. The first-order valence-corrected chi connectivity index (χ1v) is 3.58. The summed E-state index contributed by atoms with van der Waals surface area (Å²) >= 11 is 0. The molecule has 0 aliphatic heterocycles. The van der Waals surface area contributed by atoms with E-state index in [1.54, 1.807) is 0 Å². The highest BCUT2D eigenvalue weighted by Crippen LogP contribution is 2.34. The Bertz CT molecular complexity index is 166. The minimum atomic E-state index is -0.821. The van der Waals surface area contributed by atoms with Gasteiger partial charge in [-0.25, -0.2) is 4.79 Å². The normalized spacial score (nSPS) is 19.1. The molecule has 0 saturated heterocycles. The molecule has 1 aliphatic carbocycles. The van der Waals surface area contributed by atoms with Crippen LogP contribution in [0.5, 0.6) is 0 Å². The summed E-state index contributed by atoms with van der Waals surface area (Å²) in [5.41, 5.74) is 0.995. The summed E-state index contributed by atoms with van der Waals surface area (Å²) < 4.78 is 0. The molecule has 0 unspecified atom stereocenters. The van der Waals surface area contributed by atoms with Crippen molar-refractivity contribution in [2.75, 3.05) is 0 Å². The van der Waals surface area contributed by atoms with Crippen LogP contribution < -0.4 is 0 Å². The SMILES string of the molecule is C/C(=C\C(=O)O)CC1CC1. The zero-order valence-corrected chi connectivity index (χ0v) is 6.13. The van der Waals surface area contributed by atoms with Crippen molar-refractivity contribution in [1.29, 1.82) is 0 Å². The Hall–Kier alpha value is -0.790. The number of aliphatic carboxylic acids is 1. The summed E-state index contributed by atoms with van der Waals surface area (Å²) in [6, 6.07) is 0. The summed E-state index contributed by atoms with van der Waals surface area (Å²) in [6.45, 7) is 1.88. The first-order valence-electron chi connectivity index (χ1n) is 3.58. The van der Waals surface area contributed by atoms with Gasteiger partial charge in [0.1, 0.15) is 0 Å². The third-order valence-electron chi connectivity index (χ3n) is 1.68. The average Bonchev–Trinajstić information content (AvgIpc) is 2.46. The molecule has 1 fully saturated rings. The summed E-state index contributed by atoms with van der Waals surface area (Å²) in [7, 11) is 0. The van der Waals surface area contributed by atoms with Crippen molar-refractivity contribution < 1.29 is 9.90 Å². The van der Waals surface area contributed by atoms with E-state index in [0.717, 1.165) is 17.9 Å². The molecule has 1 saturated carbocycles. The van der Waals surface area contributed by atoms with Gasteiger partial charge in [-0.15, -0.1) is 0 Å². The Kier molecular flexibility index (Phi) is 2.10. The molecular weight excluding hydrogens is 128 g/mol. The zero-order chi connectivity index (χ0) is 7.56. The molecule has 0 heterocycles. The van der Waals surface area contributed by atoms with Gasteiger partial charge in [0, 0.05) is 6.08 Å². The second kappa shape index (κ2) is 2.86. The van der Waals surface area contributed by atoms with Crippen LogP contribution in [0.1, 0.15) is 26.2 Å². The van der Waals surface area contributed by atoms with Crippen molar-refractivity contribution in [2.45, 2.75) is 26.2 Å². The van der Waals surface area contributed by atoms with Crippen molar-refractivity contribution in [1.82, 2.24) is 0 Å². The summed E-state index contributed by atoms with van der Waals surface area (Å²) in [6.07, 6.45) is 4.85. The van der Waals surface area contributed by atoms with Crippen molar-refractivity contribution in [3.8, 4) is 0 Å². The minimum absolute atomic E-state index is 0.788. The van der Waals surface area contributed by atoms with Crippen molar-refractivity contribution in [3.63, 3.8) is 0 Å². The van der Waals surface area contributed by atoms with Gasteiger partial charge >= 0.3 is 5.97 Å². The summed E-state index contributed by atoms with van der Waals surface area (Å²) in [4.78, 5) is 10.1. The van der Waals surface area contributed by atoms with Crippen molar-refractivity contribution >= 4 is 5.97 Å². The molecule has 10 heavy (non-hydrogen) atoms. The minimum Gasteiger partial charge on any atom is -0.478 e. The standard InChI is InChI=1S/C8H12O2/c1-6(5-8(9)10)4-7-2-3-7/h5,7H,2-4H2,1H3,(H,9,10)/b6-5+. The number of rotatable bonds is 3. The van der Waals surface area contributed by atoms with Crippen molar-refractivity contribution in [2.24, 2.45) is 5.92 Å². The molecule has 0 aromatic heterocycles. The predicted molar refractivity (Wildman–Crippen MR) is 38.7 cm³/mol. The summed E-state index contributed by atoms with van der Waals surface area (Å²) in [5.74, 6) is -0.0336. The lowest BCUT2D eigenvalue weighted by molar-refractivity contribution is -0.131. The largest absolute Gasteiger partial charge is 0.478 e. The molecular formula is C8H12O2. The second-order valence-electron chi connectivity index (χ2n) is 2.98. The quantitative estimate of drug-likeness (QED) is 0.607. The van der Waals surface area contributed by atoms with Gasteiger partial charge in [0.05, 0.1) is 0 Å². The van der Waals surface area contributed by atoms with Crippen LogP contribution in [0.15, 0.2) is 11.6 Å². The summed E-state index contributed by atoms with van der Waals surface area (Å²) in [5, 5.41) is 8.34. The molecule has 1 rings (SSSR count). The molecule has 0 aromatic carbocycles. The van der Waals surface area contributed by atoms with Crippen LogP contribution in [-0.4, -0.2) is 11.1 Å². The molecule has 0 atom stereocenters. The van der Waals surface area contributed by atoms with Crippen LogP contribution >= 0.6 is 0 Å². The van der Waals surface area contributed by atoms with Gasteiger partial charge < -0.3 is 5.11 Å². The third kappa shape index (κ3) is 2.67. The fraction of sp³-hybridized carbons (Fsp3) is 0.625. The van der Waals surface area contributed by atoms with E-state index >= 15 is 0 Å². The molecule has 2 heteroatoms. The number of carboxylic acids is 1. The topological polar surface area (TPSA) is 37.3 Å². The van der Waals surface area contributed by atoms with Gasteiger partial charge in [-0.1, -0.05) is 5.57 Å². The molecule has 0 amide bonds. The highest BCUT2D eigenvalue weighted by atomic mass is 16.4. The Morgan fingerprint density at radius 2 is 2.30 bits per heavy atom. The van der Waals surface area contributed by atoms with Crippen molar-refractivity contribution in [3.05, 3.63) is 11.6 Å². The Morgan fingerprint density at radius 3 is 2.70 bits per heavy atom. The highest BCUT2D eigenvalue weighted by Gasteiger charge is 2.21. The number of hydrogen-bond acceptors (Lipinski definition) is 1. The van der Waals surface area contributed by atoms with E-state index in [9.17, 15) is 4.79 Å². The van der Waals surface area contributed by atoms with E-state index in [1.807, 2.05) is 6.92 Å². The van der Waals surface area contributed by atoms with E-state index in [-0.39, 0.29) is 0 Å². The second-order valence-corrected chi connectivity index (χ2v) is 2.98. The maximum Gasteiger partial charge on any atom is 0.328 e. The lowest BCUT2D eigenvalue weighted by Crippen LogP contribution is -1.90. The number of hydrogen-bond donors (Lipinski definition) is 1. The number of allylic oxidation sites excluding steroid dienone is 1. The molecule has 0 bridgehead atoms. The lowest BCUT2D eigenvalue weighted by Gasteiger charge is -1.94. The highest BCUT2D eigenvalue weighted by molar-refractivity contribution is 5.80. The molecule has 1 aliphatic rings. The van der Waals surface area contributed by atoms with E-state index < -0.39 is 5.97 Å². The smallest absolute Gasteiger partial charge is 0.328 e. The molecule has 0 aromatic rings. The molecule has 2 nitrogen and oxygen atoms in total. The van der Waals surface area contributed by atoms with Gasteiger partial charge in [-0.05, 0) is 32.1 Å². The van der Waals surface area contributed by atoms with Gasteiger partial charge in [-0.2, -0.15) is 0 Å². The van der Waals surface area contributed by atoms with Gasteiger partial charge in [0.15, 0.2) is 0 Å². The molecule has 1 N–H and O–H groups in total. The number of carbonyl (C=O) groups is 1. The Labute approximate surface area is 60.6 Å². The lowest BCUT2D eigenvalue weighted by atomic mass is 10.1. The van der Waals surface area contributed by atoms with Crippen LogP contribution in [0, 0.1) is 5.92 Å². The first-order chi connectivity index (χ1) is 4.68. The maximum absolute atomic E-state index is 10.1. The van der Waals surface area contributed by atoms with E-state index in [1.165, 1.54) is 18.9 Å². The number of carboxylic acid groups (broad SMARTS) is 1. The first kappa shape index (κ1) is 7.32. The Morgan fingerprint density at radius 1 is 1.70 bits per heavy atom. The fourth-order valence-corrected chi connectivity index (χ4v) is 1.05. The fourth-order valence-electron chi connectivity index (χ4n) is 1.05. The van der Waals surface area contributed by atoms with Crippen LogP contribution in [-0.2, 0) is 4.79 Å². The van der Waals surface area contributed by atoms with E-state index in [4.69, 9.17) is 5.11 Å². The molecule has 0 radical (unpaired) electrons. The van der Waals surface area contributed by atoms with Crippen LogP contribution in [0.4, 0.5) is 0 Å². The predicted octanol–water partition coefficient (Wildman–Crippen LogP) is 1.82. The maximum atomic E-state index is 10.1. The third-order valence-corrected chi connectivity index (χ3v) is 1.68. The van der Waals surface area contributed by atoms with E-state index in [0.29, 0.717) is 0 Å².